The summed E-state index contributed by atoms with van der Waals surface area (Å²) in [5.41, 5.74) is -1.56. The third-order valence-corrected chi connectivity index (χ3v) is 3.71. The van der Waals surface area contributed by atoms with Crippen molar-refractivity contribution in [1.82, 2.24) is 10.6 Å². The molecule has 6 nitrogen and oxygen atoms in total. The SMILES string of the molecule is O=C(O)CCCNC(=O)NCC1(O)CCCC(C(F)(F)F)C1. The van der Waals surface area contributed by atoms with Gasteiger partial charge in [0, 0.05) is 19.5 Å². The van der Waals surface area contributed by atoms with Crippen molar-refractivity contribution in [2.75, 3.05) is 13.1 Å². The van der Waals surface area contributed by atoms with E-state index in [9.17, 15) is 27.9 Å². The summed E-state index contributed by atoms with van der Waals surface area (Å²) in [4.78, 5) is 21.7. The van der Waals surface area contributed by atoms with Gasteiger partial charge in [0.1, 0.15) is 0 Å². The van der Waals surface area contributed by atoms with Crippen molar-refractivity contribution in [3.63, 3.8) is 0 Å². The zero-order valence-corrected chi connectivity index (χ0v) is 12.1. The molecule has 1 fully saturated rings. The van der Waals surface area contributed by atoms with Crippen LogP contribution in [0.5, 0.6) is 0 Å². The lowest BCUT2D eigenvalue weighted by Crippen LogP contribution is -2.50. The molecule has 22 heavy (non-hydrogen) atoms. The molecule has 128 valence electrons. The number of hydrogen-bond donors (Lipinski definition) is 4. The highest BCUT2D eigenvalue weighted by molar-refractivity contribution is 5.74. The number of alkyl halides is 3. The number of carboxylic acids is 1. The summed E-state index contributed by atoms with van der Waals surface area (Å²) < 4.78 is 38.1. The van der Waals surface area contributed by atoms with Gasteiger partial charge in [0.05, 0.1) is 11.5 Å². The predicted molar refractivity (Wildman–Crippen MR) is 71.2 cm³/mol. The highest BCUT2D eigenvalue weighted by atomic mass is 19.4. The quantitative estimate of drug-likeness (QED) is 0.558. The Kier molecular flexibility index (Phi) is 6.46. The van der Waals surface area contributed by atoms with Crippen LogP contribution in [-0.2, 0) is 4.79 Å². The normalized spacial score (nSPS) is 25.5. The van der Waals surface area contributed by atoms with Gasteiger partial charge in [-0.2, -0.15) is 13.2 Å². The minimum atomic E-state index is -4.34. The lowest BCUT2D eigenvalue weighted by molar-refractivity contribution is -0.199. The zero-order chi connectivity index (χ0) is 16.8. The van der Waals surface area contributed by atoms with Gasteiger partial charge >= 0.3 is 18.2 Å². The van der Waals surface area contributed by atoms with Crippen LogP contribution < -0.4 is 10.6 Å². The summed E-state index contributed by atoms with van der Waals surface area (Å²) in [5, 5.41) is 23.3. The van der Waals surface area contributed by atoms with E-state index in [0.29, 0.717) is 0 Å². The molecular formula is C13H21F3N2O4. The first-order valence-corrected chi connectivity index (χ1v) is 7.15. The summed E-state index contributed by atoms with van der Waals surface area (Å²) in [6.07, 6.45) is -4.14. The van der Waals surface area contributed by atoms with Crippen LogP contribution in [0.15, 0.2) is 0 Å². The number of urea groups is 1. The molecule has 0 radical (unpaired) electrons. The number of hydrogen-bond acceptors (Lipinski definition) is 3. The third-order valence-electron chi connectivity index (χ3n) is 3.71. The Morgan fingerprint density at radius 1 is 1.27 bits per heavy atom. The molecule has 1 saturated carbocycles. The molecule has 4 N–H and O–H groups in total. The van der Waals surface area contributed by atoms with Gasteiger partial charge in [-0.05, 0) is 32.1 Å². The van der Waals surface area contributed by atoms with E-state index in [1.54, 1.807) is 0 Å². The van der Waals surface area contributed by atoms with E-state index in [0.717, 1.165) is 0 Å². The van der Waals surface area contributed by atoms with Crippen molar-refractivity contribution in [2.24, 2.45) is 5.92 Å². The first-order chi connectivity index (χ1) is 10.1. The van der Waals surface area contributed by atoms with E-state index in [2.05, 4.69) is 10.6 Å². The highest BCUT2D eigenvalue weighted by Crippen LogP contribution is 2.41. The van der Waals surface area contributed by atoms with Gasteiger partial charge in [0.15, 0.2) is 0 Å². The number of carbonyl (C=O) groups excluding carboxylic acids is 1. The van der Waals surface area contributed by atoms with E-state index in [-0.39, 0.29) is 45.2 Å². The molecule has 0 aromatic rings. The number of amides is 2. The van der Waals surface area contributed by atoms with Gasteiger partial charge in [-0.15, -0.1) is 0 Å². The molecule has 0 aromatic carbocycles. The Bertz CT molecular complexity index is 403. The average Bonchev–Trinajstić information content (AvgIpc) is 2.40. The van der Waals surface area contributed by atoms with E-state index >= 15 is 0 Å². The number of carbonyl (C=O) groups is 2. The minimum Gasteiger partial charge on any atom is -0.481 e. The smallest absolute Gasteiger partial charge is 0.391 e. The van der Waals surface area contributed by atoms with Gasteiger partial charge < -0.3 is 20.8 Å². The van der Waals surface area contributed by atoms with Gasteiger partial charge in [0.25, 0.3) is 0 Å². The lowest BCUT2D eigenvalue weighted by Gasteiger charge is -2.37. The van der Waals surface area contributed by atoms with Gasteiger partial charge in [-0.25, -0.2) is 4.79 Å². The molecule has 2 atom stereocenters. The summed E-state index contributed by atoms with van der Waals surface area (Å²) in [6, 6.07) is -0.632. The van der Waals surface area contributed by atoms with E-state index < -0.39 is 36.1 Å². The Hall–Kier alpha value is -1.51. The van der Waals surface area contributed by atoms with Gasteiger partial charge in [0.2, 0.25) is 0 Å². The number of aliphatic hydroxyl groups is 1. The minimum absolute atomic E-state index is 0.00675. The predicted octanol–water partition coefficient (Wildman–Crippen LogP) is 1.63. The standard InChI is InChI=1S/C13H21F3N2O4/c14-13(15,16)9-3-1-5-12(22,7-9)8-18-11(21)17-6-2-4-10(19)20/h9,22H,1-8H2,(H,19,20)(H2,17,18,21). The molecule has 0 aliphatic heterocycles. The molecule has 2 amide bonds. The van der Waals surface area contributed by atoms with Crippen LogP contribution in [0.25, 0.3) is 0 Å². The van der Waals surface area contributed by atoms with Crippen molar-refractivity contribution in [3.8, 4) is 0 Å². The topological polar surface area (TPSA) is 98.7 Å². The Labute approximate surface area is 126 Å². The Morgan fingerprint density at radius 3 is 2.55 bits per heavy atom. The van der Waals surface area contributed by atoms with Crippen LogP contribution in [-0.4, -0.2) is 47.1 Å². The maximum absolute atomic E-state index is 12.7. The molecule has 1 aliphatic carbocycles. The maximum Gasteiger partial charge on any atom is 0.391 e. The molecule has 9 heteroatoms. The number of aliphatic carboxylic acids is 1. The molecule has 0 saturated heterocycles. The van der Waals surface area contributed by atoms with Crippen LogP contribution in [0, 0.1) is 5.92 Å². The summed E-state index contributed by atoms with van der Waals surface area (Å²) in [6.45, 7) is -0.119. The Balaban J connectivity index is 2.33. The summed E-state index contributed by atoms with van der Waals surface area (Å²) in [7, 11) is 0. The van der Waals surface area contributed by atoms with Crippen LogP contribution >= 0.6 is 0 Å². The second-order valence-electron chi connectivity index (χ2n) is 5.67. The molecule has 0 heterocycles. The van der Waals surface area contributed by atoms with E-state index in [1.807, 2.05) is 0 Å². The highest BCUT2D eigenvalue weighted by Gasteiger charge is 2.46. The molecule has 1 aliphatic rings. The molecule has 2 unspecified atom stereocenters. The van der Waals surface area contributed by atoms with E-state index in [4.69, 9.17) is 5.11 Å². The number of rotatable bonds is 6. The second-order valence-corrected chi connectivity index (χ2v) is 5.67. The fourth-order valence-corrected chi connectivity index (χ4v) is 2.53. The van der Waals surface area contributed by atoms with Gasteiger partial charge in [-0.3, -0.25) is 4.79 Å². The molecule has 0 bridgehead atoms. The first-order valence-electron chi connectivity index (χ1n) is 7.15. The third kappa shape index (κ3) is 6.50. The summed E-state index contributed by atoms with van der Waals surface area (Å²) in [5.74, 6) is -2.52. The number of carboxylic acid groups (broad SMARTS) is 1. The van der Waals surface area contributed by atoms with Crippen molar-refractivity contribution in [3.05, 3.63) is 0 Å². The van der Waals surface area contributed by atoms with E-state index in [1.165, 1.54) is 0 Å². The number of nitrogens with one attached hydrogen (secondary N) is 2. The van der Waals surface area contributed by atoms with Crippen molar-refractivity contribution < 1.29 is 33.0 Å². The fraction of sp³-hybridized carbons (Fsp3) is 0.846. The monoisotopic (exact) mass is 326 g/mol. The number of halogens is 3. The maximum atomic E-state index is 12.7. The largest absolute Gasteiger partial charge is 0.481 e. The van der Waals surface area contributed by atoms with Crippen molar-refractivity contribution in [1.29, 1.82) is 0 Å². The second kappa shape index (κ2) is 7.66. The van der Waals surface area contributed by atoms with Crippen molar-refractivity contribution in [2.45, 2.75) is 50.3 Å². The zero-order valence-electron chi connectivity index (χ0n) is 12.1. The first kappa shape index (κ1) is 18.5. The lowest BCUT2D eigenvalue weighted by atomic mass is 9.77. The van der Waals surface area contributed by atoms with Gasteiger partial charge in [-0.1, -0.05) is 0 Å². The Morgan fingerprint density at radius 2 is 1.95 bits per heavy atom. The van der Waals surface area contributed by atoms with Crippen molar-refractivity contribution >= 4 is 12.0 Å². The fourth-order valence-electron chi connectivity index (χ4n) is 2.53. The average molecular weight is 326 g/mol. The van der Waals surface area contributed by atoms with Crippen LogP contribution in [0.1, 0.15) is 38.5 Å². The van der Waals surface area contributed by atoms with Crippen LogP contribution in [0.3, 0.4) is 0 Å². The molecular weight excluding hydrogens is 305 g/mol. The summed E-state index contributed by atoms with van der Waals surface area (Å²) >= 11 is 0. The molecule has 0 spiro atoms. The van der Waals surface area contributed by atoms with Crippen LogP contribution in [0.2, 0.25) is 0 Å². The van der Waals surface area contributed by atoms with Crippen LogP contribution in [0.4, 0.5) is 18.0 Å². The molecule has 0 aromatic heterocycles. The molecule has 1 rings (SSSR count).